The van der Waals surface area contributed by atoms with Gasteiger partial charge in [0.2, 0.25) is 5.82 Å². The average Bonchev–Trinajstić information content (AvgIpc) is 2.96. The van der Waals surface area contributed by atoms with E-state index in [9.17, 15) is 8.78 Å². The van der Waals surface area contributed by atoms with E-state index >= 15 is 0 Å². The molecule has 0 aliphatic heterocycles. The first kappa shape index (κ1) is 17.3. The molecule has 2 heterocycles. The van der Waals surface area contributed by atoms with Gasteiger partial charge in [-0.3, -0.25) is 0 Å². The Labute approximate surface area is 145 Å². The van der Waals surface area contributed by atoms with Gasteiger partial charge in [-0.1, -0.05) is 45.0 Å². The van der Waals surface area contributed by atoms with Gasteiger partial charge in [0.05, 0.1) is 6.04 Å². The summed E-state index contributed by atoms with van der Waals surface area (Å²) >= 11 is 0. The van der Waals surface area contributed by atoms with Crippen LogP contribution in [-0.2, 0) is 0 Å². The topological polar surface area (TPSA) is 55.1 Å². The van der Waals surface area contributed by atoms with E-state index in [-0.39, 0.29) is 11.5 Å². The molecule has 0 radical (unpaired) electrons. The van der Waals surface area contributed by atoms with Gasteiger partial charge in [0.1, 0.15) is 5.82 Å². The Bertz CT molecular complexity index is 883. The van der Waals surface area contributed by atoms with Gasteiger partial charge in [-0.2, -0.15) is 4.52 Å². The molecule has 0 saturated carbocycles. The van der Waals surface area contributed by atoms with Gasteiger partial charge in [-0.25, -0.2) is 8.78 Å². The van der Waals surface area contributed by atoms with Crippen LogP contribution in [0.15, 0.2) is 36.4 Å². The Hall–Kier alpha value is -2.57. The van der Waals surface area contributed by atoms with Crippen LogP contribution in [0.25, 0.3) is 5.65 Å². The number of nitrogens with zero attached hydrogens (tertiary/aromatic N) is 4. The number of benzene rings is 1. The van der Waals surface area contributed by atoms with Gasteiger partial charge in [-0.15, -0.1) is 15.3 Å². The molecular weight excluding hydrogens is 324 g/mol. The van der Waals surface area contributed by atoms with Gasteiger partial charge in [-0.05, 0) is 35.6 Å². The van der Waals surface area contributed by atoms with Crippen molar-refractivity contribution in [3.8, 4) is 0 Å². The van der Waals surface area contributed by atoms with Crippen molar-refractivity contribution < 1.29 is 8.78 Å². The van der Waals surface area contributed by atoms with Crippen molar-refractivity contribution in [3.05, 3.63) is 53.3 Å². The van der Waals surface area contributed by atoms with E-state index in [0.29, 0.717) is 11.5 Å². The maximum Gasteiger partial charge on any atom is 0.299 e. The summed E-state index contributed by atoms with van der Waals surface area (Å²) in [5, 5.41) is 14.9. The summed E-state index contributed by atoms with van der Waals surface area (Å²) in [6, 6.07) is 11.4. The first-order chi connectivity index (χ1) is 11.8. The van der Waals surface area contributed by atoms with E-state index in [1.54, 1.807) is 12.1 Å². The van der Waals surface area contributed by atoms with Crippen molar-refractivity contribution in [3.63, 3.8) is 0 Å². The summed E-state index contributed by atoms with van der Waals surface area (Å²) in [6.45, 7) is 8.43. The highest BCUT2D eigenvalue weighted by Gasteiger charge is 2.28. The molecule has 7 heteroatoms. The van der Waals surface area contributed by atoms with Crippen molar-refractivity contribution in [2.75, 3.05) is 5.32 Å². The third-order valence-electron chi connectivity index (χ3n) is 4.14. The van der Waals surface area contributed by atoms with E-state index in [1.807, 2.05) is 12.1 Å². The lowest BCUT2D eigenvalue weighted by Crippen LogP contribution is -2.27. The van der Waals surface area contributed by atoms with Crippen LogP contribution in [0.5, 0.6) is 0 Å². The Morgan fingerprint density at radius 1 is 1.04 bits per heavy atom. The lowest BCUT2D eigenvalue weighted by molar-refractivity contribution is 0.137. The highest BCUT2D eigenvalue weighted by Crippen LogP contribution is 2.36. The molecule has 1 N–H and O–H groups in total. The van der Waals surface area contributed by atoms with E-state index in [2.05, 4.69) is 60.4 Å². The second kappa shape index (κ2) is 6.38. The molecule has 0 spiro atoms. The fourth-order valence-electron chi connectivity index (χ4n) is 2.84. The number of halogens is 2. The van der Waals surface area contributed by atoms with Gasteiger partial charge in [0.25, 0.3) is 6.43 Å². The zero-order valence-corrected chi connectivity index (χ0v) is 14.7. The second-order valence-electron chi connectivity index (χ2n) is 7.15. The molecule has 0 bridgehead atoms. The highest BCUT2D eigenvalue weighted by atomic mass is 19.3. The van der Waals surface area contributed by atoms with Gasteiger partial charge in [0, 0.05) is 0 Å². The van der Waals surface area contributed by atoms with Crippen molar-refractivity contribution in [1.29, 1.82) is 0 Å². The maximum atomic E-state index is 13.0. The Morgan fingerprint density at radius 3 is 2.40 bits per heavy atom. The lowest BCUT2D eigenvalue weighted by Gasteiger charge is -2.33. The first-order valence-electron chi connectivity index (χ1n) is 8.10. The molecule has 0 saturated heterocycles. The molecule has 0 amide bonds. The molecule has 5 nitrogen and oxygen atoms in total. The van der Waals surface area contributed by atoms with Gasteiger partial charge >= 0.3 is 0 Å². The number of alkyl halides is 2. The molecule has 1 aromatic carbocycles. The van der Waals surface area contributed by atoms with Crippen LogP contribution in [0.2, 0.25) is 0 Å². The summed E-state index contributed by atoms with van der Waals surface area (Å²) in [5.41, 5.74) is 2.49. The molecule has 132 valence electrons. The molecular formula is C18H21F2N5. The number of rotatable bonds is 4. The molecule has 1 atom stereocenters. The summed E-state index contributed by atoms with van der Waals surface area (Å²) in [5.74, 6) is 0.0410. The summed E-state index contributed by atoms with van der Waals surface area (Å²) in [6.07, 6.45) is -2.73. The normalized spacial score (nSPS) is 13.4. The maximum absolute atomic E-state index is 13.0. The van der Waals surface area contributed by atoms with Crippen molar-refractivity contribution in [1.82, 2.24) is 19.8 Å². The lowest BCUT2D eigenvalue weighted by atomic mass is 9.81. The molecule has 1 unspecified atom stereocenters. The van der Waals surface area contributed by atoms with Crippen molar-refractivity contribution in [2.24, 2.45) is 5.41 Å². The van der Waals surface area contributed by atoms with Crippen LogP contribution >= 0.6 is 0 Å². The quantitative estimate of drug-likeness (QED) is 0.752. The minimum atomic E-state index is -2.73. The predicted molar refractivity (Wildman–Crippen MR) is 92.7 cm³/mol. The van der Waals surface area contributed by atoms with Crippen LogP contribution in [0.3, 0.4) is 0 Å². The van der Waals surface area contributed by atoms with E-state index < -0.39 is 12.2 Å². The van der Waals surface area contributed by atoms with Crippen LogP contribution in [0.4, 0.5) is 14.6 Å². The van der Waals surface area contributed by atoms with Crippen LogP contribution < -0.4 is 5.32 Å². The average molecular weight is 345 g/mol. The predicted octanol–water partition coefficient (Wildman–Crippen LogP) is 4.57. The number of anilines is 1. The van der Waals surface area contributed by atoms with Crippen molar-refractivity contribution >= 4 is 11.5 Å². The molecule has 0 fully saturated rings. The standard InChI is InChI=1S/C18H21F2N5/c1-11-7-5-6-8-12(11)15(18(2,3)4)21-13-9-10-14-22-23-17(16(19)20)25(14)24-13/h5-10,15-16H,1-4H3,(H,21,24). The fraction of sp³-hybridized carbons (Fsp3) is 0.389. The minimum Gasteiger partial charge on any atom is -0.361 e. The Balaban J connectivity index is 2.01. The molecule has 25 heavy (non-hydrogen) atoms. The summed E-state index contributed by atoms with van der Waals surface area (Å²) < 4.78 is 27.2. The first-order valence-corrected chi connectivity index (χ1v) is 8.10. The number of hydrogen-bond acceptors (Lipinski definition) is 4. The van der Waals surface area contributed by atoms with Crippen molar-refractivity contribution in [2.45, 2.75) is 40.2 Å². The monoisotopic (exact) mass is 345 g/mol. The molecule has 2 aromatic heterocycles. The number of aromatic nitrogens is 4. The molecule has 0 aliphatic rings. The summed E-state index contributed by atoms with van der Waals surface area (Å²) in [7, 11) is 0. The third-order valence-corrected chi connectivity index (χ3v) is 4.14. The zero-order chi connectivity index (χ0) is 18.2. The minimum absolute atomic E-state index is 0.0369. The van der Waals surface area contributed by atoms with Gasteiger partial charge < -0.3 is 5.32 Å². The van der Waals surface area contributed by atoms with Crippen LogP contribution in [-0.4, -0.2) is 19.8 Å². The smallest absolute Gasteiger partial charge is 0.299 e. The highest BCUT2D eigenvalue weighted by molar-refractivity contribution is 5.46. The van der Waals surface area contributed by atoms with E-state index in [4.69, 9.17) is 0 Å². The van der Waals surface area contributed by atoms with Gasteiger partial charge in [0.15, 0.2) is 5.65 Å². The number of hydrogen-bond donors (Lipinski definition) is 1. The zero-order valence-electron chi connectivity index (χ0n) is 14.7. The summed E-state index contributed by atoms with van der Waals surface area (Å²) in [4.78, 5) is 0. The largest absolute Gasteiger partial charge is 0.361 e. The molecule has 3 rings (SSSR count). The van der Waals surface area contributed by atoms with Crippen LogP contribution in [0, 0.1) is 12.3 Å². The molecule has 0 aliphatic carbocycles. The molecule has 3 aromatic rings. The number of nitrogens with one attached hydrogen (secondary N) is 1. The number of aryl methyl sites for hydroxylation is 1. The SMILES string of the molecule is Cc1ccccc1C(Nc1ccc2nnc(C(F)F)n2n1)C(C)(C)C. The van der Waals surface area contributed by atoms with E-state index in [0.717, 1.165) is 15.6 Å². The Morgan fingerprint density at radius 2 is 1.76 bits per heavy atom. The Kier molecular flexibility index (Phi) is 4.41. The number of fused-ring (bicyclic) bond motifs is 1. The third kappa shape index (κ3) is 3.45. The van der Waals surface area contributed by atoms with Crippen LogP contribution in [0.1, 0.15) is 50.2 Å². The van der Waals surface area contributed by atoms with E-state index in [1.165, 1.54) is 0 Å². The fourth-order valence-corrected chi connectivity index (χ4v) is 2.84. The second-order valence-corrected chi connectivity index (χ2v) is 7.15.